The molecule has 0 aromatic heterocycles. The van der Waals surface area contributed by atoms with Crippen molar-refractivity contribution in [3.63, 3.8) is 0 Å². The van der Waals surface area contributed by atoms with Crippen LogP contribution in [0.15, 0.2) is 23.1 Å². The summed E-state index contributed by atoms with van der Waals surface area (Å²) in [7, 11) is -3.86. The molecule has 0 saturated carbocycles. The van der Waals surface area contributed by atoms with Gasteiger partial charge in [-0.3, -0.25) is 0 Å². The molecule has 0 radical (unpaired) electrons. The van der Waals surface area contributed by atoms with Crippen LogP contribution in [0.4, 0.5) is 4.39 Å². The van der Waals surface area contributed by atoms with Gasteiger partial charge in [-0.25, -0.2) is 17.5 Å². The first-order valence-corrected chi connectivity index (χ1v) is 7.53. The Morgan fingerprint density at radius 1 is 1.42 bits per heavy atom. The molecule has 0 bridgehead atoms. The number of sulfonamides is 1. The van der Waals surface area contributed by atoms with Crippen molar-refractivity contribution in [2.75, 3.05) is 13.1 Å². The van der Waals surface area contributed by atoms with Crippen molar-refractivity contribution < 1.29 is 12.8 Å². The fourth-order valence-electron chi connectivity index (χ4n) is 1.92. The summed E-state index contributed by atoms with van der Waals surface area (Å²) in [6, 6.07) is 3.28. The lowest BCUT2D eigenvalue weighted by molar-refractivity contribution is 0.427. The Morgan fingerprint density at radius 2 is 2.16 bits per heavy atom. The zero-order valence-corrected chi connectivity index (χ0v) is 12.4. The average Bonchev–Trinajstić information content (AvgIpc) is 2.33. The smallest absolute Gasteiger partial charge is 0.243 e. The zero-order chi connectivity index (χ0) is 13.2. The molecular weight excluding hydrogens is 314 g/mol. The number of hydrogen-bond donors (Lipinski definition) is 2. The predicted octanol–water partition coefficient (Wildman–Crippen LogP) is 1.93. The van der Waals surface area contributed by atoms with Gasteiger partial charge in [0.1, 0.15) is 10.7 Å². The molecule has 4 nitrogen and oxygen atoms in total. The Hall–Kier alpha value is -0.400. The van der Waals surface area contributed by atoms with Crippen molar-refractivity contribution in [2.24, 2.45) is 0 Å². The van der Waals surface area contributed by atoms with E-state index in [4.69, 9.17) is 11.6 Å². The van der Waals surface area contributed by atoms with Crippen LogP contribution in [0.3, 0.4) is 0 Å². The first-order valence-electron chi connectivity index (χ1n) is 5.67. The van der Waals surface area contributed by atoms with Gasteiger partial charge in [-0.1, -0.05) is 11.6 Å². The number of halogens is 3. The zero-order valence-electron chi connectivity index (χ0n) is 10.0. The maximum absolute atomic E-state index is 13.5. The molecule has 0 spiro atoms. The van der Waals surface area contributed by atoms with Gasteiger partial charge >= 0.3 is 0 Å². The summed E-state index contributed by atoms with van der Waals surface area (Å²) in [5, 5.41) is 3.28. The number of nitrogens with one attached hydrogen (secondary N) is 2. The van der Waals surface area contributed by atoms with E-state index in [0.29, 0.717) is 6.54 Å². The molecule has 0 aliphatic carbocycles. The van der Waals surface area contributed by atoms with Gasteiger partial charge in [0.15, 0.2) is 0 Å². The highest BCUT2D eigenvalue weighted by atomic mass is 35.5. The Balaban J connectivity index is 0.00000180. The number of benzene rings is 1. The molecule has 2 rings (SSSR count). The van der Waals surface area contributed by atoms with Gasteiger partial charge in [0.2, 0.25) is 10.0 Å². The van der Waals surface area contributed by atoms with E-state index in [2.05, 4.69) is 10.0 Å². The Labute approximate surface area is 123 Å². The molecule has 108 valence electrons. The monoisotopic (exact) mass is 328 g/mol. The van der Waals surface area contributed by atoms with Crippen LogP contribution in [0.2, 0.25) is 5.02 Å². The average molecular weight is 329 g/mol. The molecule has 19 heavy (non-hydrogen) atoms. The summed E-state index contributed by atoms with van der Waals surface area (Å²) in [5.41, 5.74) is 0. The van der Waals surface area contributed by atoms with Gasteiger partial charge in [-0.05, 0) is 37.6 Å². The molecule has 1 aromatic rings. The predicted molar refractivity (Wildman–Crippen MR) is 74.9 cm³/mol. The minimum atomic E-state index is -3.86. The van der Waals surface area contributed by atoms with Gasteiger partial charge < -0.3 is 5.32 Å². The summed E-state index contributed by atoms with van der Waals surface area (Å²) < 4.78 is 40.1. The quantitative estimate of drug-likeness (QED) is 0.891. The van der Waals surface area contributed by atoms with Crippen LogP contribution in [0.1, 0.15) is 12.8 Å². The third-order valence-corrected chi connectivity index (χ3v) is 4.57. The summed E-state index contributed by atoms with van der Waals surface area (Å²) in [5.74, 6) is -0.796. The first kappa shape index (κ1) is 16.7. The minimum Gasteiger partial charge on any atom is -0.315 e. The second-order valence-corrected chi connectivity index (χ2v) is 6.36. The van der Waals surface area contributed by atoms with Crippen LogP contribution in [0.25, 0.3) is 0 Å². The standard InChI is InChI=1S/C11H14ClFN2O2S.ClH/c12-8-3-4-10(13)11(6-8)18(16,17)15-9-2-1-5-14-7-9;/h3-4,6,9,14-15H,1-2,5,7H2;1H/t9-;/m1./s1. The summed E-state index contributed by atoms with van der Waals surface area (Å²) in [6.07, 6.45) is 1.64. The molecule has 1 saturated heterocycles. The van der Waals surface area contributed by atoms with Crippen molar-refractivity contribution >= 4 is 34.0 Å². The van der Waals surface area contributed by atoms with Crippen LogP contribution < -0.4 is 10.0 Å². The summed E-state index contributed by atoms with van der Waals surface area (Å²) in [4.78, 5) is -0.402. The maximum atomic E-state index is 13.5. The first-order chi connectivity index (χ1) is 8.49. The highest BCUT2D eigenvalue weighted by Crippen LogP contribution is 2.20. The van der Waals surface area contributed by atoms with Gasteiger partial charge in [0, 0.05) is 17.6 Å². The van der Waals surface area contributed by atoms with Crippen LogP contribution in [0.5, 0.6) is 0 Å². The van der Waals surface area contributed by atoms with E-state index in [1.54, 1.807) is 0 Å². The number of piperidine rings is 1. The largest absolute Gasteiger partial charge is 0.315 e. The summed E-state index contributed by atoms with van der Waals surface area (Å²) in [6.45, 7) is 1.44. The van der Waals surface area contributed by atoms with E-state index in [1.807, 2.05) is 0 Å². The second-order valence-electron chi connectivity index (χ2n) is 4.24. The highest BCUT2D eigenvalue weighted by molar-refractivity contribution is 7.89. The lowest BCUT2D eigenvalue weighted by Crippen LogP contribution is -2.45. The van der Waals surface area contributed by atoms with Crippen molar-refractivity contribution in [3.8, 4) is 0 Å². The van der Waals surface area contributed by atoms with Crippen LogP contribution in [-0.2, 0) is 10.0 Å². The third kappa shape index (κ3) is 4.29. The molecule has 1 aliphatic heterocycles. The Bertz CT molecular complexity index is 533. The molecule has 0 unspecified atom stereocenters. The maximum Gasteiger partial charge on any atom is 0.243 e. The van der Waals surface area contributed by atoms with E-state index in [9.17, 15) is 12.8 Å². The lowest BCUT2D eigenvalue weighted by atomic mass is 10.1. The van der Waals surface area contributed by atoms with Crippen molar-refractivity contribution in [3.05, 3.63) is 29.0 Å². The van der Waals surface area contributed by atoms with Gasteiger partial charge in [0.25, 0.3) is 0 Å². The summed E-state index contributed by atoms with van der Waals surface area (Å²) >= 11 is 5.69. The minimum absolute atomic E-state index is 0. The van der Waals surface area contributed by atoms with Crippen LogP contribution in [0, 0.1) is 5.82 Å². The lowest BCUT2D eigenvalue weighted by Gasteiger charge is -2.23. The van der Waals surface area contributed by atoms with Gasteiger partial charge in [-0.15, -0.1) is 12.4 Å². The van der Waals surface area contributed by atoms with Crippen molar-refractivity contribution in [2.45, 2.75) is 23.8 Å². The van der Waals surface area contributed by atoms with Crippen molar-refractivity contribution in [1.82, 2.24) is 10.0 Å². The third-order valence-electron chi connectivity index (χ3n) is 2.80. The molecular formula is C11H15Cl2FN2O2S. The topological polar surface area (TPSA) is 58.2 Å². The van der Waals surface area contributed by atoms with E-state index in [-0.39, 0.29) is 23.5 Å². The SMILES string of the molecule is Cl.O=S(=O)(N[C@@H]1CCCNC1)c1cc(Cl)ccc1F. The molecule has 8 heteroatoms. The molecule has 1 atom stereocenters. The van der Waals surface area contributed by atoms with E-state index < -0.39 is 20.7 Å². The molecule has 1 heterocycles. The van der Waals surface area contributed by atoms with Gasteiger partial charge in [-0.2, -0.15) is 0 Å². The Kier molecular flexibility index (Phi) is 6.01. The molecule has 2 N–H and O–H groups in total. The highest BCUT2D eigenvalue weighted by Gasteiger charge is 2.24. The fourth-order valence-corrected chi connectivity index (χ4v) is 3.53. The molecule has 1 aliphatic rings. The van der Waals surface area contributed by atoms with E-state index in [0.717, 1.165) is 31.5 Å². The molecule has 1 fully saturated rings. The van der Waals surface area contributed by atoms with Crippen LogP contribution >= 0.6 is 24.0 Å². The van der Waals surface area contributed by atoms with Gasteiger partial charge in [0.05, 0.1) is 0 Å². The van der Waals surface area contributed by atoms with Crippen molar-refractivity contribution in [1.29, 1.82) is 0 Å². The number of hydrogen-bond acceptors (Lipinski definition) is 3. The molecule has 1 aromatic carbocycles. The fraction of sp³-hybridized carbons (Fsp3) is 0.455. The number of rotatable bonds is 3. The van der Waals surface area contributed by atoms with E-state index >= 15 is 0 Å². The Morgan fingerprint density at radius 3 is 2.79 bits per heavy atom. The molecule has 0 amide bonds. The van der Waals surface area contributed by atoms with Crippen LogP contribution in [-0.4, -0.2) is 27.5 Å². The second kappa shape index (κ2) is 6.85. The van der Waals surface area contributed by atoms with E-state index in [1.165, 1.54) is 6.07 Å². The normalized spacial score (nSPS) is 19.8.